The molecule has 0 saturated heterocycles. The van der Waals surface area contributed by atoms with Crippen LogP contribution in [0.4, 0.5) is 0 Å². The topological polar surface area (TPSA) is 25.2 Å². The van der Waals surface area contributed by atoms with E-state index in [1.165, 1.54) is 15.3 Å². The number of hydrogen-bond acceptors (Lipinski definition) is 3. The Morgan fingerprint density at radius 2 is 2.12 bits per heavy atom. The summed E-state index contributed by atoms with van der Waals surface area (Å²) in [5.41, 5.74) is 2.47. The van der Waals surface area contributed by atoms with Crippen LogP contribution in [0.5, 0.6) is 0 Å². The Labute approximate surface area is 108 Å². The zero-order chi connectivity index (χ0) is 11.7. The van der Waals surface area contributed by atoms with E-state index in [9.17, 15) is 0 Å². The molecule has 0 spiro atoms. The van der Waals surface area contributed by atoms with Crippen LogP contribution >= 0.6 is 27.3 Å². The van der Waals surface area contributed by atoms with Crippen LogP contribution in [-0.2, 0) is 0 Å². The van der Waals surface area contributed by atoms with E-state index in [1.54, 1.807) is 6.26 Å². The second-order valence-electron chi connectivity index (χ2n) is 3.74. The Kier molecular flexibility index (Phi) is 3.52. The molecule has 2 rings (SSSR count). The molecule has 0 radical (unpaired) electrons. The summed E-state index contributed by atoms with van der Waals surface area (Å²) in [5, 5.41) is 3.33. The first-order valence-corrected chi connectivity index (χ1v) is 6.71. The zero-order valence-corrected chi connectivity index (χ0v) is 11.9. The van der Waals surface area contributed by atoms with Crippen molar-refractivity contribution in [2.45, 2.75) is 19.9 Å². The number of halogens is 1. The summed E-state index contributed by atoms with van der Waals surface area (Å²) in [6.45, 7) is 4.30. The molecule has 0 fully saturated rings. The van der Waals surface area contributed by atoms with Gasteiger partial charge in [-0.25, -0.2) is 0 Å². The van der Waals surface area contributed by atoms with Gasteiger partial charge in [0.2, 0.25) is 0 Å². The van der Waals surface area contributed by atoms with Crippen molar-refractivity contribution in [1.82, 2.24) is 5.32 Å². The quantitative estimate of drug-likeness (QED) is 0.926. The highest BCUT2D eigenvalue weighted by Crippen LogP contribution is 2.34. The van der Waals surface area contributed by atoms with Crippen LogP contribution in [0, 0.1) is 13.8 Å². The smallest absolute Gasteiger partial charge is 0.174 e. The fourth-order valence-electron chi connectivity index (χ4n) is 1.93. The molecule has 1 N–H and O–H groups in total. The normalized spacial score (nSPS) is 13.0. The van der Waals surface area contributed by atoms with Gasteiger partial charge < -0.3 is 9.73 Å². The fraction of sp³-hybridized carbons (Fsp3) is 0.333. The maximum Gasteiger partial charge on any atom is 0.174 e. The fourth-order valence-corrected chi connectivity index (χ4v) is 3.36. The van der Waals surface area contributed by atoms with Gasteiger partial charge in [0.1, 0.15) is 0 Å². The van der Waals surface area contributed by atoms with Crippen LogP contribution in [0.2, 0.25) is 0 Å². The predicted octanol–water partition coefficient (Wildman–Crippen LogP) is 4.03. The molecule has 2 aromatic rings. The van der Waals surface area contributed by atoms with E-state index in [0.717, 1.165) is 10.2 Å². The van der Waals surface area contributed by atoms with Crippen molar-refractivity contribution >= 4 is 27.3 Å². The van der Waals surface area contributed by atoms with Crippen molar-refractivity contribution < 1.29 is 4.42 Å². The minimum Gasteiger partial charge on any atom is -0.457 e. The third-order valence-corrected chi connectivity index (χ3v) is 4.26. The standard InChI is InChI=1S/C12H14BrNOS/c1-7-6-10(8(2)16-7)11(14-3)9-4-5-15-12(9)13/h4-6,11,14H,1-3H3. The molecule has 86 valence electrons. The van der Waals surface area contributed by atoms with Crippen molar-refractivity contribution in [3.63, 3.8) is 0 Å². The van der Waals surface area contributed by atoms with Gasteiger partial charge in [-0.05, 0) is 54.5 Å². The molecule has 2 aromatic heterocycles. The van der Waals surface area contributed by atoms with E-state index >= 15 is 0 Å². The lowest BCUT2D eigenvalue weighted by atomic mass is 10.0. The molecule has 1 atom stereocenters. The molecule has 2 heterocycles. The van der Waals surface area contributed by atoms with Gasteiger partial charge in [-0.15, -0.1) is 11.3 Å². The summed E-state index contributed by atoms with van der Waals surface area (Å²) in [6.07, 6.45) is 1.71. The van der Waals surface area contributed by atoms with Gasteiger partial charge in [0.05, 0.1) is 12.3 Å². The summed E-state index contributed by atoms with van der Waals surface area (Å²) in [7, 11) is 1.97. The first-order chi connectivity index (χ1) is 7.63. The minimum absolute atomic E-state index is 0.193. The molecule has 1 unspecified atom stereocenters. The SMILES string of the molecule is CNC(c1ccoc1Br)c1cc(C)sc1C. The molecule has 2 nitrogen and oxygen atoms in total. The maximum atomic E-state index is 5.30. The van der Waals surface area contributed by atoms with Crippen molar-refractivity contribution in [3.8, 4) is 0 Å². The first kappa shape index (κ1) is 11.9. The van der Waals surface area contributed by atoms with Crippen LogP contribution in [0.15, 0.2) is 27.5 Å². The van der Waals surface area contributed by atoms with E-state index in [1.807, 2.05) is 24.5 Å². The van der Waals surface area contributed by atoms with Crippen molar-refractivity contribution in [1.29, 1.82) is 0 Å². The maximum absolute atomic E-state index is 5.30. The number of hydrogen-bond donors (Lipinski definition) is 1. The van der Waals surface area contributed by atoms with E-state index < -0.39 is 0 Å². The molecule has 0 aliphatic heterocycles. The highest BCUT2D eigenvalue weighted by Gasteiger charge is 2.20. The van der Waals surface area contributed by atoms with Crippen LogP contribution < -0.4 is 5.32 Å². The summed E-state index contributed by atoms with van der Waals surface area (Å²) in [5.74, 6) is 0. The minimum atomic E-state index is 0.193. The first-order valence-electron chi connectivity index (χ1n) is 5.10. The molecule has 0 aromatic carbocycles. The Morgan fingerprint density at radius 1 is 1.38 bits per heavy atom. The van der Waals surface area contributed by atoms with Crippen LogP contribution in [0.1, 0.15) is 26.9 Å². The lowest BCUT2D eigenvalue weighted by Gasteiger charge is -2.15. The van der Waals surface area contributed by atoms with Gasteiger partial charge in [-0.2, -0.15) is 0 Å². The molecular weight excluding hydrogens is 286 g/mol. The van der Waals surface area contributed by atoms with Gasteiger partial charge in [0, 0.05) is 15.3 Å². The van der Waals surface area contributed by atoms with Crippen LogP contribution in [-0.4, -0.2) is 7.05 Å². The Bertz CT molecular complexity index is 489. The number of thiophene rings is 1. The summed E-state index contributed by atoms with van der Waals surface area (Å²) in [6, 6.07) is 4.43. The average molecular weight is 300 g/mol. The summed E-state index contributed by atoms with van der Waals surface area (Å²) in [4.78, 5) is 2.69. The third-order valence-electron chi connectivity index (χ3n) is 2.64. The average Bonchev–Trinajstić information content (AvgIpc) is 2.77. The van der Waals surface area contributed by atoms with Crippen LogP contribution in [0.25, 0.3) is 0 Å². The second kappa shape index (κ2) is 4.73. The summed E-state index contributed by atoms with van der Waals surface area (Å²) < 4.78 is 6.10. The Morgan fingerprint density at radius 3 is 2.56 bits per heavy atom. The summed E-state index contributed by atoms with van der Waals surface area (Å²) >= 11 is 5.26. The lowest BCUT2D eigenvalue weighted by molar-refractivity contribution is 0.530. The number of rotatable bonds is 3. The Hall–Kier alpha value is -0.580. The highest BCUT2D eigenvalue weighted by atomic mass is 79.9. The largest absolute Gasteiger partial charge is 0.457 e. The van der Waals surface area contributed by atoms with Crippen LogP contribution in [0.3, 0.4) is 0 Å². The number of furan rings is 1. The van der Waals surface area contributed by atoms with Gasteiger partial charge in [0.25, 0.3) is 0 Å². The molecule has 0 amide bonds. The number of nitrogens with one attached hydrogen (secondary N) is 1. The molecule has 4 heteroatoms. The molecule has 16 heavy (non-hydrogen) atoms. The zero-order valence-electron chi connectivity index (χ0n) is 9.50. The second-order valence-corrected chi connectivity index (χ2v) is 5.92. The van der Waals surface area contributed by atoms with Gasteiger partial charge >= 0.3 is 0 Å². The molecular formula is C12H14BrNOS. The third kappa shape index (κ3) is 2.10. The highest BCUT2D eigenvalue weighted by molar-refractivity contribution is 9.10. The van der Waals surface area contributed by atoms with E-state index in [4.69, 9.17) is 4.42 Å². The Balaban J connectivity index is 2.44. The number of aryl methyl sites for hydroxylation is 2. The predicted molar refractivity (Wildman–Crippen MR) is 71.1 cm³/mol. The van der Waals surface area contributed by atoms with E-state index in [2.05, 4.69) is 41.2 Å². The van der Waals surface area contributed by atoms with Crippen molar-refractivity contribution in [3.05, 3.63) is 43.9 Å². The van der Waals surface area contributed by atoms with Gasteiger partial charge in [-0.3, -0.25) is 0 Å². The lowest BCUT2D eigenvalue weighted by Crippen LogP contribution is -2.17. The molecule has 0 aliphatic rings. The van der Waals surface area contributed by atoms with E-state index in [-0.39, 0.29) is 6.04 Å². The van der Waals surface area contributed by atoms with E-state index in [0.29, 0.717) is 0 Å². The van der Waals surface area contributed by atoms with Crippen molar-refractivity contribution in [2.75, 3.05) is 7.05 Å². The molecule has 0 saturated carbocycles. The monoisotopic (exact) mass is 299 g/mol. The van der Waals surface area contributed by atoms with Crippen molar-refractivity contribution in [2.24, 2.45) is 0 Å². The van der Waals surface area contributed by atoms with Gasteiger partial charge in [-0.1, -0.05) is 0 Å². The van der Waals surface area contributed by atoms with Gasteiger partial charge in [0.15, 0.2) is 4.67 Å². The molecule has 0 aliphatic carbocycles. The molecule has 0 bridgehead atoms.